The number of nitrogens with one attached hydrogen (secondary N) is 1. The number of aryl methyl sites for hydroxylation is 3. The summed E-state index contributed by atoms with van der Waals surface area (Å²) in [6, 6.07) is 1.89. The summed E-state index contributed by atoms with van der Waals surface area (Å²) in [7, 11) is 0. The second-order valence-electron chi connectivity index (χ2n) is 4.20. The zero-order valence-corrected chi connectivity index (χ0v) is 11.2. The predicted octanol–water partition coefficient (Wildman–Crippen LogP) is 1.80. The molecule has 6 nitrogen and oxygen atoms in total. The summed E-state index contributed by atoms with van der Waals surface area (Å²) in [5, 5.41) is 7.59. The van der Waals surface area contributed by atoms with E-state index in [1.54, 1.807) is 4.68 Å². The Kier molecular flexibility index (Phi) is 3.55. The van der Waals surface area contributed by atoms with Crippen molar-refractivity contribution in [2.75, 3.05) is 11.9 Å². The van der Waals surface area contributed by atoms with Gasteiger partial charge in [0.05, 0.1) is 0 Å². The standard InChI is InChI=1S/C12H18N6/c1-5-6-13-11-7-12(16-8(2)15-11)18-10(4)14-9(3)17-18/h7H,5-6H2,1-4H3,(H,13,15,16). The van der Waals surface area contributed by atoms with E-state index in [1.807, 2.05) is 26.8 Å². The lowest BCUT2D eigenvalue weighted by Crippen LogP contribution is -2.08. The van der Waals surface area contributed by atoms with Crippen molar-refractivity contribution >= 4 is 5.82 Å². The van der Waals surface area contributed by atoms with E-state index in [2.05, 4.69) is 32.3 Å². The summed E-state index contributed by atoms with van der Waals surface area (Å²) >= 11 is 0. The molecule has 0 bridgehead atoms. The SMILES string of the molecule is CCCNc1cc(-n2nc(C)nc2C)nc(C)n1. The predicted molar refractivity (Wildman–Crippen MR) is 69.9 cm³/mol. The van der Waals surface area contributed by atoms with E-state index in [1.165, 1.54) is 0 Å². The molecule has 0 spiro atoms. The van der Waals surface area contributed by atoms with Gasteiger partial charge in [0, 0.05) is 12.6 Å². The molecule has 0 radical (unpaired) electrons. The third kappa shape index (κ3) is 2.64. The largest absolute Gasteiger partial charge is 0.370 e. The van der Waals surface area contributed by atoms with E-state index in [0.29, 0.717) is 0 Å². The average Bonchev–Trinajstić information content (AvgIpc) is 2.65. The highest BCUT2D eigenvalue weighted by atomic mass is 15.4. The molecule has 1 N–H and O–H groups in total. The Morgan fingerprint density at radius 2 is 1.89 bits per heavy atom. The molecular formula is C12H18N6. The van der Waals surface area contributed by atoms with Crippen LogP contribution in [0.25, 0.3) is 5.82 Å². The van der Waals surface area contributed by atoms with Crippen LogP contribution in [0, 0.1) is 20.8 Å². The summed E-state index contributed by atoms with van der Waals surface area (Å²) in [4.78, 5) is 13.0. The first-order valence-electron chi connectivity index (χ1n) is 6.10. The van der Waals surface area contributed by atoms with Crippen LogP contribution in [0.4, 0.5) is 5.82 Å². The third-order valence-corrected chi connectivity index (χ3v) is 2.47. The Labute approximate surface area is 106 Å². The Balaban J connectivity index is 2.38. The fourth-order valence-corrected chi connectivity index (χ4v) is 1.74. The molecule has 18 heavy (non-hydrogen) atoms. The van der Waals surface area contributed by atoms with E-state index in [4.69, 9.17) is 0 Å². The van der Waals surface area contributed by atoms with Crippen LogP contribution >= 0.6 is 0 Å². The molecule has 0 saturated heterocycles. The molecule has 0 amide bonds. The van der Waals surface area contributed by atoms with Crippen molar-refractivity contribution in [3.63, 3.8) is 0 Å². The second-order valence-corrected chi connectivity index (χ2v) is 4.20. The molecule has 0 unspecified atom stereocenters. The number of aromatic nitrogens is 5. The summed E-state index contributed by atoms with van der Waals surface area (Å²) < 4.78 is 1.74. The number of hydrogen-bond acceptors (Lipinski definition) is 5. The Bertz CT molecular complexity index is 545. The molecule has 0 saturated carbocycles. The minimum absolute atomic E-state index is 0.721. The van der Waals surface area contributed by atoms with Crippen LogP contribution in [0.15, 0.2) is 6.07 Å². The van der Waals surface area contributed by atoms with Gasteiger partial charge in [0.2, 0.25) is 0 Å². The van der Waals surface area contributed by atoms with Gasteiger partial charge in [-0.3, -0.25) is 0 Å². The molecule has 6 heteroatoms. The maximum atomic E-state index is 4.40. The van der Waals surface area contributed by atoms with Crippen molar-refractivity contribution in [3.05, 3.63) is 23.5 Å². The van der Waals surface area contributed by atoms with Crippen molar-refractivity contribution < 1.29 is 0 Å². The molecule has 96 valence electrons. The molecule has 2 heterocycles. The topological polar surface area (TPSA) is 68.5 Å². The Hall–Kier alpha value is -1.98. The molecule has 0 aliphatic heterocycles. The van der Waals surface area contributed by atoms with Gasteiger partial charge in [0.15, 0.2) is 5.82 Å². The second kappa shape index (κ2) is 5.12. The van der Waals surface area contributed by atoms with Gasteiger partial charge in [-0.2, -0.15) is 4.68 Å². The minimum atomic E-state index is 0.721. The number of hydrogen-bond donors (Lipinski definition) is 1. The maximum absolute atomic E-state index is 4.40. The quantitative estimate of drug-likeness (QED) is 0.891. The van der Waals surface area contributed by atoms with Crippen LogP contribution in [-0.2, 0) is 0 Å². The molecule has 0 aromatic carbocycles. The lowest BCUT2D eigenvalue weighted by Gasteiger charge is -2.08. The van der Waals surface area contributed by atoms with E-state index in [-0.39, 0.29) is 0 Å². The van der Waals surface area contributed by atoms with Gasteiger partial charge in [-0.25, -0.2) is 15.0 Å². The first-order valence-corrected chi connectivity index (χ1v) is 6.10. The fraction of sp³-hybridized carbons (Fsp3) is 0.500. The zero-order valence-electron chi connectivity index (χ0n) is 11.2. The summed E-state index contributed by atoms with van der Waals surface area (Å²) in [6.45, 7) is 8.67. The van der Waals surface area contributed by atoms with E-state index in [0.717, 1.165) is 42.1 Å². The highest BCUT2D eigenvalue weighted by molar-refractivity contribution is 5.41. The van der Waals surface area contributed by atoms with Gasteiger partial charge in [-0.1, -0.05) is 6.92 Å². The molecule has 2 rings (SSSR count). The van der Waals surface area contributed by atoms with Crippen molar-refractivity contribution in [2.45, 2.75) is 34.1 Å². The lowest BCUT2D eigenvalue weighted by molar-refractivity contribution is 0.790. The molecule has 0 atom stereocenters. The van der Waals surface area contributed by atoms with Gasteiger partial charge in [0.25, 0.3) is 0 Å². The maximum Gasteiger partial charge on any atom is 0.161 e. The normalized spacial score (nSPS) is 10.7. The van der Waals surface area contributed by atoms with Gasteiger partial charge < -0.3 is 5.32 Å². The van der Waals surface area contributed by atoms with Gasteiger partial charge in [0.1, 0.15) is 23.3 Å². The number of rotatable bonds is 4. The number of nitrogens with zero attached hydrogens (tertiary/aromatic N) is 5. The zero-order chi connectivity index (χ0) is 13.1. The van der Waals surface area contributed by atoms with Crippen LogP contribution in [0.3, 0.4) is 0 Å². The van der Waals surface area contributed by atoms with Gasteiger partial charge >= 0.3 is 0 Å². The fourth-order valence-electron chi connectivity index (χ4n) is 1.74. The van der Waals surface area contributed by atoms with Crippen molar-refractivity contribution in [2.24, 2.45) is 0 Å². The first kappa shape index (κ1) is 12.5. The first-order chi connectivity index (χ1) is 8.60. The van der Waals surface area contributed by atoms with Gasteiger partial charge in [-0.05, 0) is 27.2 Å². The molecule has 0 aliphatic rings. The molecule has 2 aromatic rings. The van der Waals surface area contributed by atoms with Crippen LogP contribution in [-0.4, -0.2) is 31.3 Å². The minimum Gasteiger partial charge on any atom is -0.370 e. The highest BCUT2D eigenvalue weighted by Crippen LogP contribution is 2.12. The third-order valence-electron chi connectivity index (χ3n) is 2.47. The van der Waals surface area contributed by atoms with Crippen molar-refractivity contribution in [1.29, 1.82) is 0 Å². The molecule has 0 aliphatic carbocycles. The molecule has 2 aromatic heterocycles. The van der Waals surface area contributed by atoms with Gasteiger partial charge in [-0.15, -0.1) is 5.10 Å². The van der Waals surface area contributed by atoms with Crippen LogP contribution < -0.4 is 5.32 Å². The van der Waals surface area contributed by atoms with E-state index >= 15 is 0 Å². The average molecular weight is 246 g/mol. The van der Waals surface area contributed by atoms with Crippen LogP contribution in [0.5, 0.6) is 0 Å². The Morgan fingerprint density at radius 3 is 2.50 bits per heavy atom. The van der Waals surface area contributed by atoms with Crippen molar-refractivity contribution in [3.8, 4) is 5.82 Å². The van der Waals surface area contributed by atoms with Crippen LogP contribution in [0.2, 0.25) is 0 Å². The van der Waals surface area contributed by atoms with E-state index in [9.17, 15) is 0 Å². The molecular weight excluding hydrogens is 228 g/mol. The monoisotopic (exact) mass is 246 g/mol. The summed E-state index contributed by atoms with van der Waals surface area (Å²) in [6.07, 6.45) is 1.06. The van der Waals surface area contributed by atoms with E-state index < -0.39 is 0 Å². The highest BCUT2D eigenvalue weighted by Gasteiger charge is 2.08. The van der Waals surface area contributed by atoms with Crippen molar-refractivity contribution in [1.82, 2.24) is 24.7 Å². The Morgan fingerprint density at radius 1 is 1.11 bits per heavy atom. The summed E-state index contributed by atoms with van der Waals surface area (Å²) in [5.74, 6) is 3.86. The summed E-state index contributed by atoms with van der Waals surface area (Å²) in [5.41, 5.74) is 0. The smallest absolute Gasteiger partial charge is 0.161 e. The molecule has 0 fully saturated rings. The van der Waals surface area contributed by atoms with Crippen LogP contribution in [0.1, 0.15) is 30.8 Å². The lowest BCUT2D eigenvalue weighted by atomic mass is 10.4. The number of anilines is 1.